The van der Waals surface area contributed by atoms with Crippen molar-refractivity contribution >= 4 is 11.8 Å². The molecule has 0 bridgehead atoms. The fraction of sp³-hybridized carbons (Fsp3) is 0.778. The molecule has 0 aliphatic heterocycles. The molecule has 74 valence electrons. The summed E-state index contributed by atoms with van der Waals surface area (Å²) in [6.07, 6.45) is 0.168. The van der Waals surface area contributed by atoms with Crippen LogP contribution in [0.25, 0.3) is 0 Å². The fourth-order valence-corrected chi connectivity index (χ4v) is 1.51. The number of esters is 1. The van der Waals surface area contributed by atoms with Gasteiger partial charge >= 0.3 is 5.97 Å². The number of Topliss-reactive ketones (excluding diaryl/α,β-unsaturated/α-hetero) is 1. The van der Waals surface area contributed by atoms with Crippen molar-refractivity contribution in [2.24, 2.45) is 5.41 Å². The van der Waals surface area contributed by atoms with E-state index in [1.165, 1.54) is 14.0 Å². The lowest BCUT2D eigenvalue weighted by atomic mass is 10.0. The first kappa shape index (κ1) is 10.2. The summed E-state index contributed by atoms with van der Waals surface area (Å²) in [4.78, 5) is 22.6. The predicted octanol–water partition coefficient (Wildman–Crippen LogP) is 0.544. The first-order valence-corrected chi connectivity index (χ1v) is 4.30. The predicted molar refractivity (Wildman–Crippen MR) is 45.2 cm³/mol. The number of ketones is 1. The molecule has 0 heterocycles. The largest absolute Gasteiger partial charge is 0.465 e. The van der Waals surface area contributed by atoms with Crippen LogP contribution >= 0.6 is 0 Å². The van der Waals surface area contributed by atoms with E-state index < -0.39 is 11.4 Å². The van der Waals surface area contributed by atoms with Gasteiger partial charge in [-0.3, -0.25) is 9.59 Å². The Morgan fingerprint density at radius 1 is 1.54 bits per heavy atom. The molecule has 0 aromatic heterocycles. The molecule has 0 radical (unpaired) electrons. The topological polar surface area (TPSA) is 52.6 Å². The average molecular weight is 186 g/mol. The van der Waals surface area contributed by atoms with Gasteiger partial charge in [0, 0.05) is 13.5 Å². The maximum absolute atomic E-state index is 11.4. The van der Waals surface area contributed by atoms with Crippen LogP contribution in [0.3, 0.4) is 0 Å². The molecule has 4 heteroatoms. The third-order valence-electron chi connectivity index (χ3n) is 2.45. The fourth-order valence-electron chi connectivity index (χ4n) is 1.51. The van der Waals surface area contributed by atoms with Crippen molar-refractivity contribution in [2.75, 3.05) is 13.7 Å². The van der Waals surface area contributed by atoms with Crippen molar-refractivity contribution in [3.05, 3.63) is 0 Å². The number of rotatable bonds is 4. The summed E-state index contributed by atoms with van der Waals surface area (Å²) in [5.41, 5.74) is -0.995. The van der Waals surface area contributed by atoms with Gasteiger partial charge in [0.1, 0.15) is 5.78 Å². The molecule has 0 spiro atoms. The normalized spacial score (nSPS) is 31.2. The number of methoxy groups -OCH3 is 1. The molecule has 13 heavy (non-hydrogen) atoms. The summed E-state index contributed by atoms with van der Waals surface area (Å²) >= 11 is 0. The van der Waals surface area contributed by atoms with Gasteiger partial charge < -0.3 is 9.47 Å². The van der Waals surface area contributed by atoms with Gasteiger partial charge in [-0.25, -0.2) is 0 Å². The van der Waals surface area contributed by atoms with E-state index in [2.05, 4.69) is 0 Å². The zero-order chi connectivity index (χ0) is 10.1. The maximum Gasteiger partial charge on any atom is 0.322 e. The Bertz CT molecular complexity index is 236. The van der Waals surface area contributed by atoms with Gasteiger partial charge in [0.15, 0.2) is 5.41 Å². The first-order chi connectivity index (χ1) is 6.09. The smallest absolute Gasteiger partial charge is 0.322 e. The number of ether oxygens (including phenoxy) is 2. The average Bonchev–Trinajstić information content (AvgIpc) is 2.79. The highest BCUT2D eigenvalue weighted by Gasteiger charge is 2.65. The molecule has 1 fully saturated rings. The van der Waals surface area contributed by atoms with Crippen molar-refractivity contribution in [1.29, 1.82) is 0 Å². The van der Waals surface area contributed by atoms with E-state index in [0.717, 1.165) is 0 Å². The van der Waals surface area contributed by atoms with Gasteiger partial charge in [0.05, 0.1) is 12.7 Å². The summed E-state index contributed by atoms with van der Waals surface area (Å²) in [6, 6.07) is 0. The number of hydrogen-bond donors (Lipinski definition) is 0. The minimum atomic E-state index is -0.995. The Balaban J connectivity index is 2.72. The highest BCUT2D eigenvalue weighted by molar-refractivity contribution is 6.06. The summed E-state index contributed by atoms with van der Waals surface area (Å²) in [7, 11) is 1.49. The minimum Gasteiger partial charge on any atom is -0.465 e. The number of carbonyl (C=O) groups excluding carboxylic acids is 2. The van der Waals surface area contributed by atoms with E-state index in [4.69, 9.17) is 9.47 Å². The molecule has 1 saturated carbocycles. The van der Waals surface area contributed by atoms with Crippen molar-refractivity contribution in [3.63, 3.8) is 0 Å². The summed E-state index contributed by atoms with van der Waals surface area (Å²) in [5, 5.41) is 0. The van der Waals surface area contributed by atoms with Crippen molar-refractivity contribution in [3.8, 4) is 0 Å². The van der Waals surface area contributed by atoms with Crippen LogP contribution in [0.2, 0.25) is 0 Å². The Hall–Kier alpha value is -0.900. The zero-order valence-electron chi connectivity index (χ0n) is 8.12. The van der Waals surface area contributed by atoms with Crippen LogP contribution in [-0.4, -0.2) is 31.6 Å². The van der Waals surface area contributed by atoms with E-state index >= 15 is 0 Å². The molecular formula is C9H14O4. The van der Waals surface area contributed by atoms with Gasteiger partial charge in [-0.2, -0.15) is 0 Å². The third-order valence-corrected chi connectivity index (χ3v) is 2.45. The van der Waals surface area contributed by atoms with Gasteiger partial charge in [0.25, 0.3) is 0 Å². The molecule has 1 rings (SSSR count). The molecule has 0 aromatic carbocycles. The van der Waals surface area contributed by atoms with Crippen LogP contribution in [0.4, 0.5) is 0 Å². The van der Waals surface area contributed by atoms with Gasteiger partial charge in [0.2, 0.25) is 0 Å². The molecule has 2 atom stereocenters. The summed E-state index contributed by atoms with van der Waals surface area (Å²) in [6.45, 7) is 3.41. The Morgan fingerprint density at radius 2 is 2.15 bits per heavy atom. The molecule has 0 aromatic rings. The van der Waals surface area contributed by atoms with Crippen LogP contribution in [0.5, 0.6) is 0 Å². The lowest BCUT2D eigenvalue weighted by Crippen LogP contribution is -2.30. The molecule has 1 aliphatic carbocycles. The lowest BCUT2D eigenvalue weighted by molar-refractivity contribution is -0.155. The van der Waals surface area contributed by atoms with E-state index in [-0.39, 0.29) is 11.9 Å². The van der Waals surface area contributed by atoms with Gasteiger partial charge in [-0.15, -0.1) is 0 Å². The number of carbonyl (C=O) groups is 2. The van der Waals surface area contributed by atoms with Crippen LogP contribution in [0.15, 0.2) is 0 Å². The Morgan fingerprint density at radius 3 is 2.46 bits per heavy atom. The van der Waals surface area contributed by atoms with Crippen LogP contribution in [0.1, 0.15) is 20.3 Å². The highest BCUT2D eigenvalue weighted by atomic mass is 16.5. The molecule has 0 saturated heterocycles. The van der Waals surface area contributed by atoms with Crippen LogP contribution in [-0.2, 0) is 19.1 Å². The maximum atomic E-state index is 11.4. The van der Waals surface area contributed by atoms with Crippen molar-refractivity contribution < 1.29 is 19.1 Å². The molecule has 4 nitrogen and oxygen atoms in total. The number of hydrogen-bond acceptors (Lipinski definition) is 4. The molecular weight excluding hydrogens is 172 g/mol. The second-order valence-corrected chi connectivity index (χ2v) is 3.18. The van der Waals surface area contributed by atoms with E-state index in [9.17, 15) is 9.59 Å². The standard InChI is InChI=1S/C9H14O4/c1-4-13-8(11)9(6(2)10)5-7(9)12-3/h7H,4-5H2,1-3H3/t7-,9?/m1/s1. The van der Waals surface area contributed by atoms with Crippen LogP contribution in [0, 0.1) is 5.41 Å². The lowest BCUT2D eigenvalue weighted by Gasteiger charge is -2.11. The summed E-state index contributed by atoms with van der Waals surface area (Å²) < 4.78 is 9.81. The Labute approximate surface area is 77.2 Å². The van der Waals surface area contributed by atoms with Crippen molar-refractivity contribution in [2.45, 2.75) is 26.4 Å². The SMILES string of the molecule is CCOC(=O)C1(C(C)=O)C[C@H]1OC. The van der Waals surface area contributed by atoms with Gasteiger partial charge in [-0.05, 0) is 13.8 Å². The summed E-state index contributed by atoms with van der Waals surface area (Å²) in [5.74, 6) is -0.618. The Kier molecular flexibility index (Phi) is 2.71. The van der Waals surface area contributed by atoms with E-state index in [1.807, 2.05) is 0 Å². The second-order valence-electron chi connectivity index (χ2n) is 3.18. The van der Waals surface area contributed by atoms with E-state index in [1.54, 1.807) is 6.92 Å². The molecule has 0 N–H and O–H groups in total. The van der Waals surface area contributed by atoms with Crippen LogP contribution < -0.4 is 0 Å². The monoisotopic (exact) mass is 186 g/mol. The minimum absolute atomic E-state index is 0.169. The first-order valence-electron chi connectivity index (χ1n) is 4.30. The quantitative estimate of drug-likeness (QED) is 0.475. The zero-order valence-corrected chi connectivity index (χ0v) is 8.12. The van der Waals surface area contributed by atoms with E-state index in [0.29, 0.717) is 13.0 Å². The molecule has 1 unspecified atom stereocenters. The van der Waals surface area contributed by atoms with Crippen molar-refractivity contribution in [1.82, 2.24) is 0 Å². The highest BCUT2D eigenvalue weighted by Crippen LogP contribution is 2.49. The van der Waals surface area contributed by atoms with Gasteiger partial charge in [-0.1, -0.05) is 0 Å². The molecule has 1 aliphatic rings. The molecule has 0 amide bonds. The second kappa shape index (κ2) is 3.46. The third kappa shape index (κ3) is 1.46.